The summed E-state index contributed by atoms with van der Waals surface area (Å²) in [5, 5.41) is 6.57. The number of nitrogens with zero attached hydrogens (tertiary/aromatic N) is 2. The lowest BCUT2D eigenvalue weighted by Gasteiger charge is -2.04. The number of hydrogen-bond donors (Lipinski definition) is 2. The first-order valence-corrected chi connectivity index (χ1v) is 9.02. The summed E-state index contributed by atoms with van der Waals surface area (Å²) in [6.45, 7) is 2.54. The van der Waals surface area contributed by atoms with Crippen LogP contribution in [0.15, 0.2) is 10.3 Å². The van der Waals surface area contributed by atoms with Crippen LogP contribution in [0.25, 0.3) is 0 Å². The fourth-order valence-corrected chi connectivity index (χ4v) is 4.33. The van der Waals surface area contributed by atoms with E-state index >= 15 is 0 Å². The predicted octanol–water partition coefficient (Wildman–Crippen LogP) is 1.55. The van der Waals surface area contributed by atoms with E-state index in [9.17, 15) is 8.42 Å². The largest absolute Gasteiger partial charge is 0.382 e. The second-order valence-corrected chi connectivity index (χ2v) is 7.82. The van der Waals surface area contributed by atoms with Crippen LogP contribution >= 0.6 is 22.9 Å². The number of anilines is 2. The van der Waals surface area contributed by atoms with Crippen molar-refractivity contribution in [1.82, 2.24) is 9.36 Å². The van der Waals surface area contributed by atoms with Crippen LogP contribution in [0.1, 0.15) is 10.7 Å². The van der Waals surface area contributed by atoms with Crippen molar-refractivity contribution in [2.75, 3.05) is 23.9 Å². The topological polar surface area (TPSA) is 98.0 Å². The monoisotopic (exact) mass is 318 g/mol. The lowest BCUT2D eigenvalue weighted by molar-refractivity contribution is 0.602. The molecule has 0 saturated carbocycles. The molecule has 0 aliphatic carbocycles. The Morgan fingerprint density at radius 3 is 2.79 bits per heavy atom. The van der Waals surface area contributed by atoms with Crippen molar-refractivity contribution in [3.63, 3.8) is 0 Å². The Morgan fingerprint density at radius 2 is 2.21 bits per heavy atom. The maximum Gasteiger partial charge on any atom is 0.182 e. The van der Waals surface area contributed by atoms with Crippen LogP contribution in [0.2, 0.25) is 0 Å². The Bertz CT molecular complexity index is 675. The third kappa shape index (κ3) is 3.43. The fraction of sp³-hybridized carbons (Fsp3) is 0.400. The van der Waals surface area contributed by atoms with E-state index in [1.165, 1.54) is 0 Å². The molecule has 19 heavy (non-hydrogen) atoms. The average Bonchev–Trinajstić information content (AvgIpc) is 2.85. The molecule has 0 unspecified atom stereocenters. The van der Waals surface area contributed by atoms with Gasteiger partial charge in [0, 0.05) is 24.6 Å². The molecular weight excluding hydrogens is 304 g/mol. The van der Waals surface area contributed by atoms with Gasteiger partial charge < -0.3 is 11.1 Å². The quantitative estimate of drug-likeness (QED) is 0.868. The number of nitrogens with one attached hydrogen (secondary N) is 1. The Morgan fingerprint density at radius 1 is 1.47 bits per heavy atom. The molecule has 2 rings (SSSR count). The molecule has 0 bridgehead atoms. The van der Waals surface area contributed by atoms with Gasteiger partial charge in [0.2, 0.25) is 0 Å². The minimum absolute atomic E-state index is 0.0551. The molecule has 0 spiro atoms. The van der Waals surface area contributed by atoms with Crippen molar-refractivity contribution in [3.8, 4) is 0 Å². The Labute approximate surface area is 119 Å². The van der Waals surface area contributed by atoms with Crippen LogP contribution in [-0.2, 0) is 16.3 Å². The van der Waals surface area contributed by atoms with Crippen LogP contribution in [0, 0.1) is 6.92 Å². The minimum atomic E-state index is -3.36. The summed E-state index contributed by atoms with van der Waals surface area (Å²) in [4.78, 5) is 4.43. The molecule has 0 radical (unpaired) electrons. The lowest BCUT2D eigenvalue weighted by Crippen LogP contribution is -2.08. The van der Waals surface area contributed by atoms with E-state index in [1.807, 2.05) is 12.3 Å². The normalized spacial score (nSPS) is 11.7. The van der Waals surface area contributed by atoms with E-state index in [-0.39, 0.29) is 10.7 Å². The molecule has 2 heterocycles. The first kappa shape index (κ1) is 14.2. The van der Waals surface area contributed by atoms with Crippen LogP contribution in [0.5, 0.6) is 0 Å². The zero-order valence-corrected chi connectivity index (χ0v) is 13.0. The summed E-state index contributed by atoms with van der Waals surface area (Å²) < 4.78 is 27.1. The van der Waals surface area contributed by atoms with Crippen LogP contribution < -0.4 is 11.1 Å². The van der Waals surface area contributed by atoms with E-state index in [2.05, 4.69) is 14.7 Å². The zero-order chi connectivity index (χ0) is 14.0. The van der Waals surface area contributed by atoms with Crippen molar-refractivity contribution < 1.29 is 8.42 Å². The molecule has 0 atom stereocenters. The summed E-state index contributed by atoms with van der Waals surface area (Å²) in [6, 6.07) is 0. The second kappa shape index (κ2) is 5.43. The van der Waals surface area contributed by atoms with Crippen molar-refractivity contribution >= 4 is 43.5 Å². The first-order valence-electron chi connectivity index (χ1n) is 5.48. The van der Waals surface area contributed by atoms with Gasteiger partial charge >= 0.3 is 0 Å². The zero-order valence-electron chi connectivity index (χ0n) is 10.5. The molecule has 104 valence electrons. The van der Waals surface area contributed by atoms with Crippen LogP contribution in [0.3, 0.4) is 0 Å². The Balaban J connectivity index is 2.04. The van der Waals surface area contributed by atoms with Crippen molar-refractivity contribution in [2.24, 2.45) is 0 Å². The van der Waals surface area contributed by atoms with E-state index in [1.54, 1.807) is 11.3 Å². The van der Waals surface area contributed by atoms with E-state index in [4.69, 9.17) is 5.73 Å². The fourth-order valence-electron chi connectivity index (χ4n) is 1.59. The lowest BCUT2D eigenvalue weighted by atomic mass is 10.3. The smallest absolute Gasteiger partial charge is 0.182 e. The maximum atomic E-state index is 11.6. The van der Waals surface area contributed by atoms with Gasteiger partial charge in [-0.2, -0.15) is 4.37 Å². The van der Waals surface area contributed by atoms with E-state index in [0.29, 0.717) is 11.5 Å². The van der Waals surface area contributed by atoms with Crippen LogP contribution in [0.4, 0.5) is 10.8 Å². The Kier molecular flexibility index (Phi) is 4.07. The molecule has 0 aliphatic rings. The van der Waals surface area contributed by atoms with Gasteiger partial charge in [-0.3, -0.25) is 0 Å². The number of rotatable bonds is 5. The van der Waals surface area contributed by atoms with Gasteiger partial charge in [-0.05, 0) is 18.5 Å². The van der Waals surface area contributed by atoms with Gasteiger partial charge in [-0.1, -0.05) is 0 Å². The summed E-state index contributed by atoms with van der Waals surface area (Å²) in [5.74, 6) is 0.0551. The summed E-state index contributed by atoms with van der Waals surface area (Å²) in [5.41, 5.74) is 6.58. The van der Waals surface area contributed by atoms with Gasteiger partial charge in [0.1, 0.15) is 9.90 Å². The second-order valence-electron chi connectivity index (χ2n) is 4.03. The molecule has 0 amide bonds. The number of aromatic nitrogens is 2. The van der Waals surface area contributed by atoms with Crippen molar-refractivity contribution in [2.45, 2.75) is 18.2 Å². The molecule has 3 N–H and O–H groups in total. The minimum Gasteiger partial charge on any atom is -0.382 e. The predicted molar refractivity (Wildman–Crippen MR) is 78.7 cm³/mol. The van der Waals surface area contributed by atoms with Gasteiger partial charge in [0.05, 0.1) is 10.7 Å². The molecule has 0 fully saturated rings. The van der Waals surface area contributed by atoms with E-state index in [0.717, 1.165) is 34.9 Å². The Hall–Kier alpha value is -1.19. The molecule has 2 aromatic rings. The van der Waals surface area contributed by atoms with Crippen molar-refractivity contribution in [3.05, 3.63) is 16.1 Å². The molecule has 2 aromatic heterocycles. The SMILES string of the molecule is Cc1nc(CCNc2snc(N)c2S(C)(=O)=O)cs1. The standard InChI is InChI=1S/C10H14N4O2S3/c1-6-13-7(5-17-6)3-4-12-10-8(19(2,15)16)9(11)14-18-10/h5,12H,3-4H2,1-2H3,(H2,11,14). The average molecular weight is 318 g/mol. The summed E-state index contributed by atoms with van der Waals surface area (Å²) in [6.07, 6.45) is 1.85. The highest BCUT2D eigenvalue weighted by molar-refractivity contribution is 7.91. The molecular formula is C10H14N4O2S3. The molecule has 0 aliphatic heterocycles. The maximum absolute atomic E-state index is 11.6. The number of hydrogen-bond acceptors (Lipinski definition) is 8. The van der Waals surface area contributed by atoms with E-state index < -0.39 is 9.84 Å². The molecule has 0 saturated heterocycles. The third-order valence-corrected chi connectivity index (χ3v) is 5.30. The summed E-state index contributed by atoms with van der Waals surface area (Å²) in [7, 11) is -3.36. The highest BCUT2D eigenvalue weighted by atomic mass is 32.2. The molecule has 0 aromatic carbocycles. The summed E-state index contributed by atoms with van der Waals surface area (Å²) >= 11 is 2.66. The number of nitrogen functional groups attached to an aromatic ring is 1. The third-order valence-electron chi connectivity index (χ3n) is 2.38. The van der Waals surface area contributed by atoms with Gasteiger partial charge in [0.25, 0.3) is 0 Å². The van der Waals surface area contributed by atoms with Gasteiger partial charge in [0.15, 0.2) is 15.7 Å². The van der Waals surface area contributed by atoms with Gasteiger partial charge in [-0.25, -0.2) is 13.4 Å². The van der Waals surface area contributed by atoms with Crippen LogP contribution in [-0.4, -0.2) is 30.6 Å². The molecule has 6 nitrogen and oxygen atoms in total. The highest BCUT2D eigenvalue weighted by Gasteiger charge is 2.20. The number of aryl methyl sites for hydroxylation is 1. The number of nitrogens with two attached hydrogens (primary N) is 1. The number of sulfone groups is 1. The highest BCUT2D eigenvalue weighted by Crippen LogP contribution is 2.31. The van der Waals surface area contributed by atoms with Gasteiger partial charge in [-0.15, -0.1) is 11.3 Å². The number of thiazole rings is 1. The van der Waals surface area contributed by atoms with Crippen molar-refractivity contribution in [1.29, 1.82) is 0 Å². The molecule has 9 heteroatoms. The first-order chi connectivity index (χ1) is 8.88.